The van der Waals surface area contributed by atoms with Crippen molar-refractivity contribution in [2.75, 3.05) is 19.6 Å². The van der Waals surface area contributed by atoms with Gasteiger partial charge in [-0.05, 0) is 43.0 Å². The Bertz CT molecular complexity index is 406. The number of likely N-dealkylation sites (tertiary alicyclic amines) is 1. The van der Waals surface area contributed by atoms with E-state index in [1.54, 1.807) is 0 Å². The van der Waals surface area contributed by atoms with Crippen LogP contribution < -0.4 is 5.32 Å². The van der Waals surface area contributed by atoms with Gasteiger partial charge in [-0.1, -0.05) is 24.6 Å². The number of rotatable bonds is 3. The van der Waals surface area contributed by atoms with E-state index >= 15 is 0 Å². The van der Waals surface area contributed by atoms with Crippen LogP contribution in [-0.4, -0.2) is 35.6 Å². The summed E-state index contributed by atoms with van der Waals surface area (Å²) in [5.41, 5.74) is 1.27. The summed E-state index contributed by atoms with van der Waals surface area (Å²) in [6.07, 6.45) is 3.14. The average molecular weight is 266 g/mol. The molecule has 18 heavy (non-hydrogen) atoms. The fraction of sp³-hybridized carbons (Fsp3) is 0.643. The van der Waals surface area contributed by atoms with E-state index in [4.69, 9.17) is 11.6 Å². The largest absolute Gasteiger partial charge is 0.316 e. The van der Waals surface area contributed by atoms with Gasteiger partial charge in [0.25, 0.3) is 0 Å². The second-order valence-electron chi connectivity index (χ2n) is 5.48. The maximum Gasteiger partial charge on any atom is 0.129 e. The lowest BCUT2D eigenvalue weighted by atomic mass is 9.93. The lowest BCUT2D eigenvalue weighted by Crippen LogP contribution is -2.34. The second kappa shape index (κ2) is 5.16. The van der Waals surface area contributed by atoms with Gasteiger partial charge in [-0.3, -0.25) is 4.90 Å². The Balaban J connectivity index is 1.71. The van der Waals surface area contributed by atoms with Crippen LogP contribution in [0, 0.1) is 11.8 Å². The Morgan fingerprint density at radius 2 is 2.33 bits per heavy atom. The van der Waals surface area contributed by atoms with Crippen molar-refractivity contribution >= 4 is 11.6 Å². The van der Waals surface area contributed by atoms with Crippen LogP contribution in [-0.2, 0) is 6.54 Å². The lowest BCUT2D eigenvalue weighted by molar-refractivity contribution is 0.210. The third kappa shape index (κ3) is 2.27. The Morgan fingerprint density at radius 1 is 1.44 bits per heavy atom. The molecular weight excluding hydrogens is 246 g/mol. The van der Waals surface area contributed by atoms with Gasteiger partial charge in [0.05, 0.1) is 0 Å². The van der Waals surface area contributed by atoms with Gasteiger partial charge in [0, 0.05) is 25.3 Å². The predicted octanol–water partition coefficient (Wildman–Crippen LogP) is 2.16. The van der Waals surface area contributed by atoms with Crippen LogP contribution in [0.15, 0.2) is 18.3 Å². The molecule has 0 aromatic carbocycles. The molecule has 0 bridgehead atoms. The molecule has 3 rings (SSSR count). The SMILES string of the molecule is CCC1C2CNCC2CN1Cc1ccc(Cl)nc1. The fourth-order valence-electron chi connectivity index (χ4n) is 3.59. The molecule has 2 fully saturated rings. The van der Waals surface area contributed by atoms with Crippen molar-refractivity contribution in [3.05, 3.63) is 29.0 Å². The number of aromatic nitrogens is 1. The minimum Gasteiger partial charge on any atom is -0.316 e. The number of halogens is 1. The zero-order valence-corrected chi connectivity index (χ0v) is 11.5. The summed E-state index contributed by atoms with van der Waals surface area (Å²) in [6.45, 7) is 6.92. The van der Waals surface area contributed by atoms with Crippen molar-refractivity contribution in [3.63, 3.8) is 0 Å². The Labute approximate surface area is 114 Å². The van der Waals surface area contributed by atoms with E-state index in [0.29, 0.717) is 5.15 Å². The number of hydrogen-bond acceptors (Lipinski definition) is 3. The molecule has 3 unspecified atom stereocenters. The number of hydrogen-bond donors (Lipinski definition) is 1. The van der Waals surface area contributed by atoms with Gasteiger partial charge < -0.3 is 5.32 Å². The van der Waals surface area contributed by atoms with Crippen molar-refractivity contribution in [2.24, 2.45) is 11.8 Å². The monoisotopic (exact) mass is 265 g/mol. The summed E-state index contributed by atoms with van der Waals surface area (Å²) >= 11 is 5.83. The molecule has 0 amide bonds. The maximum atomic E-state index is 5.83. The number of nitrogens with one attached hydrogen (secondary N) is 1. The minimum atomic E-state index is 0.577. The van der Waals surface area contributed by atoms with Gasteiger partial charge in [-0.2, -0.15) is 0 Å². The van der Waals surface area contributed by atoms with Crippen LogP contribution in [0.5, 0.6) is 0 Å². The molecule has 98 valence electrons. The summed E-state index contributed by atoms with van der Waals surface area (Å²) < 4.78 is 0. The average Bonchev–Trinajstić information content (AvgIpc) is 2.92. The van der Waals surface area contributed by atoms with Crippen molar-refractivity contribution in [1.82, 2.24) is 15.2 Å². The van der Waals surface area contributed by atoms with Crippen molar-refractivity contribution < 1.29 is 0 Å². The summed E-state index contributed by atoms with van der Waals surface area (Å²) in [4.78, 5) is 6.80. The summed E-state index contributed by atoms with van der Waals surface area (Å²) in [5, 5.41) is 4.10. The normalized spacial score (nSPS) is 31.8. The van der Waals surface area contributed by atoms with Crippen LogP contribution in [0.1, 0.15) is 18.9 Å². The first-order valence-electron chi connectivity index (χ1n) is 6.83. The van der Waals surface area contributed by atoms with E-state index in [1.165, 1.54) is 31.6 Å². The third-order valence-corrected chi connectivity index (χ3v) is 4.64. The van der Waals surface area contributed by atoms with Gasteiger partial charge in [0.1, 0.15) is 5.15 Å². The Kier molecular flexibility index (Phi) is 3.55. The Hall–Kier alpha value is -0.640. The second-order valence-corrected chi connectivity index (χ2v) is 5.86. The van der Waals surface area contributed by atoms with Crippen molar-refractivity contribution in [2.45, 2.75) is 25.9 Å². The quantitative estimate of drug-likeness (QED) is 0.849. The smallest absolute Gasteiger partial charge is 0.129 e. The van der Waals surface area contributed by atoms with Crippen molar-refractivity contribution in [3.8, 4) is 0 Å². The third-order valence-electron chi connectivity index (χ3n) is 4.42. The fourth-order valence-corrected chi connectivity index (χ4v) is 3.70. The van der Waals surface area contributed by atoms with E-state index < -0.39 is 0 Å². The van der Waals surface area contributed by atoms with E-state index in [9.17, 15) is 0 Å². The molecule has 3 nitrogen and oxygen atoms in total. The molecule has 0 spiro atoms. The van der Waals surface area contributed by atoms with E-state index in [1.807, 2.05) is 12.3 Å². The van der Waals surface area contributed by atoms with Crippen molar-refractivity contribution in [1.29, 1.82) is 0 Å². The molecular formula is C14H20ClN3. The topological polar surface area (TPSA) is 28.2 Å². The predicted molar refractivity (Wildman–Crippen MR) is 73.6 cm³/mol. The molecule has 0 radical (unpaired) electrons. The highest BCUT2D eigenvalue weighted by Gasteiger charge is 2.42. The molecule has 1 aromatic rings. The lowest BCUT2D eigenvalue weighted by Gasteiger charge is -2.26. The molecule has 3 heterocycles. The van der Waals surface area contributed by atoms with E-state index in [-0.39, 0.29) is 0 Å². The van der Waals surface area contributed by atoms with E-state index in [2.05, 4.69) is 28.2 Å². The zero-order valence-electron chi connectivity index (χ0n) is 10.8. The summed E-state index contributed by atoms with van der Waals surface area (Å²) in [6, 6.07) is 4.70. The first-order valence-corrected chi connectivity index (χ1v) is 7.21. The van der Waals surface area contributed by atoms with Gasteiger partial charge >= 0.3 is 0 Å². The molecule has 4 heteroatoms. The van der Waals surface area contributed by atoms with Gasteiger partial charge in [0.2, 0.25) is 0 Å². The van der Waals surface area contributed by atoms with Crippen LogP contribution in [0.4, 0.5) is 0 Å². The highest BCUT2D eigenvalue weighted by atomic mass is 35.5. The molecule has 0 aliphatic carbocycles. The molecule has 0 saturated carbocycles. The molecule has 2 aliphatic rings. The van der Waals surface area contributed by atoms with Crippen LogP contribution in [0.2, 0.25) is 5.15 Å². The molecule has 3 atom stereocenters. The number of nitrogens with zero attached hydrogens (tertiary/aromatic N) is 2. The van der Waals surface area contributed by atoms with Gasteiger partial charge in [-0.25, -0.2) is 4.98 Å². The summed E-state index contributed by atoms with van der Waals surface area (Å²) in [7, 11) is 0. The van der Waals surface area contributed by atoms with Crippen LogP contribution in [0.3, 0.4) is 0 Å². The Morgan fingerprint density at radius 3 is 3.06 bits per heavy atom. The van der Waals surface area contributed by atoms with E-state index in [0.717, 1.165) is 24.4 Å². The molecule has 1 aromatic heterocycles. The molecule has 2 aliphatic heterocycles. The van der Waals surface area contributed by atoms with Gasteiger partial charge in [0.15, 0.2) is 0 Å². The maximum absolute atomic E-state index is 5.83. The highest BCUT2D eigenvalue weighted by Crippen LogP contribution is 2.35. The number of pyridine rings is 1. The summed E-state index contributed by atoms with van der Waals surface area (Å²) in [5.74, 6) is 1.69. The van der Waals surface area contributed by atoms with Crippen LogP contribution in [0.25, 0.3) is 0 Å². The molecule has 1 N–H and O–H groups in total. The van der Waals surface area contributed by atoms with Crippen LogP contribution >= 0.6 is 11.6 Å². The highest BCUT2D eigenvalue weighted by molar-refractivity contribution is 6.29. The standard InChI is InChI=1S/C14H20ClN3/c1-2-13-12-7-16-6-11(12)9-18(13)8-10-3-4-14(15)17-5-10/h3-5,11-13,16H,2,6-9H2,1H3. The molecule has 2 saturated heterocycles. The first-order chi connectivity index (χ1) is 8.78. The zero-order chi connectivity index (χ0) is 12.5. The first kappa shape index (κ1) is 12.4. The van der Waals surface area contributed by atoms with Gasteiger partial charge in [-0.15, -0.1) is 0 Å². The minimum absolute atomic E-state index is 0.577. The number of fused-ring (bicyclic) bond motifs is 1.